The van der Waals surface area contributed by atoms with E-state index in [0.29, 0.717) is 32.6 Å². The van der Waals surface area contributed by atoms with Gasteiger partial charge in [-0.25, -0.2) is 0 Å². The van der Waals surface area contributed by atoms with Gasteiger partial charge in [0.1, 0.15) is 0 Å². The highest BCUT2D eigenvalue weighted by atomic mass is 16.5. The molecule has 98 valence electrons. The van der Waals surface area contributed by atoms with E-state index in [0.717, 1.165) is 5.69 Å². The van der Waals surface area contributed by atoms with Crippen LogP contribution in [0.25, 0.3) is 0 Å². The lowest BCUT2D eigenvalue weighted by atomic mass is 9.79. The maximum atomic E-state index is 12.4. The van der Waals surface area contributed by atoms with Crippen LogP contribution in [-0.4, -0.2) is 25.7 Å². The molecular weight excluding hydrogens is 228 g/mol. The number of nitrogens with one attached hydrogen (secondary N) is 1. The minimum absolute atomic E-state index is 0.0113. The summed E-state index contributed by atoms with van der Waals surface area (Å²) in [5.74, 6) is 0.0113. The zero-order valence-electron chi connectivity index (χ0n) is 10.7. The van der Waals surface area contributed by atoms with Crippen molar-refractivity contribution >= 4 is 11.6 Å². The number of rotatable bonds is 3. The number of amides is 1. The normalized spacial score (nSPS) is 18.3. The van der Waals surface area contributed by atoms with E-state index in [1.165, 1.54) is 5.56 Å². The molecule has 1 aliphatic heterocycles. The van der Waals surface area contributed by atoms with Gasteiger partial charge < -0.3 is 15.8 Å². The number of carbonyl (C=O) groups excluding carboxylic acids is 1. The van der Waals surface area contributed by atoms with Gasteiger partial charge in [-0.3, -0.25) is 4.79 Å². The maximum absolute atomic E-state index is 12.4. The summed E-state index contributed by atoms with van der Waals surface area (Å²) in [6, 6.07) is 7.79. The van der Waals surface area contributed by atoms with Gasteiger partial charge in [-0.2, -0.15) is 0 Å². The first-order chi connectivity index (χ1) is 8.66. The van der Waals surface area contributed by atoms with Gasteiger partial charge in [-0.1, -0.05) is 17.7 Å². The van der Waals surface area contributed by atoms with E-state index < -0.39 is 5.41 Å². The van der Waals surface area contributed by atoms with E-state index in [2.05, 4.69) is 5.32 Å². The minimum atomic E-state index is -0.469. The molecule has 4 heteroatoms. The van der Waals surface area contributed by atoms with Gasteiger partial charge >= 0.3 is 0 Å². The summed E-state index contributed by atoms with van der Waals surface area (Å²) >= 11 is 0. The van der Waals surface area contributed by atoms with Gasteiger partial charge in [-0.05, 0) is 31.9 Å². The zero-order valence-corrected chi connectivity index (χ0v) is 10.7. The van der Waals surface area contributed by atoms with Crippen molar-refractivity contribution < 1.29 is 9.53 Å². The van der Waals surface area contributed by atoms with Crippen LogP contribution in [0.4, 0.5) is 5.69 Å². The van der Waals surface area contributed by atoms with Crippen LogP contribution >= 0.6 is 0 Å². The molecule has 1 aliphatic rings. The average molecular weight is 248 g/mol. The average Bonchev–Trinajstić information content (AvgIpc) is 2.42. The summed E-state index contributed by atoms with van der Waals surface area (Å²) in [5, 5.41) is 2.96. The molecule has 1 aromatic carbocycles. The van der Waals surface area contributed by atoms with Gasteiger partial charge in [0.15, 0.2) is 0 Å². The van der Waals surface area contributed by atoms with Crippen LogP contribution < -0.4 is 11.1 Å². The largest absolute Gasteiger partial charge is 0.381 e. The second-order valence-electron chi connectivity index (χ2n) is 4.92. The Morgan fingerprint density at radius 3 is 2.50 bits per heavy atom. The molecule has 4 nitrogen and oxygen atoms in total. The third kappa shape index (κ3) is 2.71. The number of carbonyl (C=O) groups is 1. The van der Waals surface area contributed by atoms with Crippen molar-refractivity contribution in [3.05, 3.63) is 29.8 Å². The zero-order chi connectivity index (χ0) is 13.0. The predicted octanol–water partition coefficient (Wildman–Crippen LogP) is 1.69. The molecule has 1 fully saturated rings. The standard InChI is InChI=1S/C14H20N2O2/c1-11-2-4-12(5-3-11)16-13(17)14(10-15)6-8-18-9-7-14/h2-5H,6-10,15H2,1H3,(H,16,17). The fourth-order valence-corrected chi connectivity index (χ4v) is 2.19. The van der Waals surface area contributed by atoms with Crippen LogP contribution in [0.3, 0.4) is 0 Å². The third-order valence-electron chi connectivity index (χ3n) is 3.63. The molecule has 1 amide bonds. The van der Waals surface area contributed by atoms with Crippen molar-refractivity contribution in [1.82, 2.24) is 0 Å². The highest BCUT2D eigenvalue weighted by Gasteiger charge is 2.38. The van der Waals surface area contributed by atoms with Crippen LogP contribution in [0.15, 0.2) is 24.3 Å². The molecule has 18 heavy (non-hydrogen) atoms. The SMILES string of the molecule is Cc1ccc(NC(=O)C2(CN)CCOCC2)cc1. The van der Waals surface area contributed by atoms with Gasteiger partial charge in [0, 0.05) is 25.4 Å². The summed E-state index contributed by atoms with van der Waals surface area (Å²) in [4.78, 5) is 12.4. The van der Waals surface area contributed by atoms with Crippen LogP contribution in [0.1, 0.15) is 18.4 Å². The predicted molar refractivity (Wildman–Crippen MR) is 71.3 cm³/mol. The molecule has 1 saturated heterocycles. The second-order valence-corrected chi connectivity index (χ2v) is 4.92. The lowest BCUT2D eigenvalue weighted by Gasteiger charge is -2.34. The molecule has 1 heterocycles. The number of aryl methyl sites for hydroxylation is 1. The van der Waals surface area contributed by atoms with Gasteiger partial charge in [-0.15, -0.1) is 0 Å². The molecule has 0 radical (unpaired) electrons. The molecule has 2 rings (SSSR count). The lowest BCUT2D eigenvalue weighted by molar-refractivity contribution is -0.130. The van der Waals surface area contributed by atoms with Crippen molar-refractivity contribution in [2.45, 2.75) is 19.8 Å². The number of anilines is 1. The highest BCUT2D eigenvalue weighted by molar-refractivity contribution is 5.95. The molecule has 0 aliphatic carbocycles. The second kappa shape index (κ2) is 5.50. The lowest BCUT2D eigenvalue weighted by Crippen LogP contribution is -2.46. The summed E-state index contributed by atoms with van der Waals surface area (Å²) in [6.45, 7) is 3.61. The van der Waals surface area contributed by atoms with Crippen molar-refractivity contribution in [1.29, 1.82) is 0 Å². The van der Waals surface area contributed by atoms with E-state index in [1.807, 2.05) is 31.2 Å². The van der Waals surface area contributed by atoms with Crippen LogP contribution in [0.2, 0.25) is 0 Å². The molecule has 0 saturated carbocycles. The number of benzene rings is 1. The van der Waals surface area contributed by atoms with Crippen LogP contribution in [-0.2, 0) is 9.53 Å². The summed E-state index contributed by atoms with van der Waals surface area (Å²) in [6.07, 6.45) is 1.39. The summed E-state index contributed by atoms with van der Waals surface area (Å²) in [7, 11) is 0. The Kier molecular flexibility index (Phi) is 3.99. The number of ether oxygens (including phenoxy) is 1. The van der Waals surface area contributed by atoms with Crippen LogP contribution in [0, 0.1) is 12.3 Å². The minimum Gasteiger partial charge on any atom is -0.381 e. The molecule has 0 bridgehead atoms. The Morgan fingerprint density at radius 2 is 1.94 bits per heavy atom. The molecule has 0 spiro atoms. The summed E-state index contributed by atoms with van der Waals surface area (Å²) < 4.78 is 5.31. The molecule has 1 aromatic rings. The van der Waals surface area contributed by atoms with Crippen molar-refractivity contribution in [3.63, 3.8) is 0 Å². The Bertz CT molecular complexity index is 408. The molecule has 0 unspecified atom stereocenters. The van der Waals surface area contributed by atoms with E-state index in [4.69, 9.17) is 10.5 Å². The molecule has 0 aromatic heterocycles. The third-order valence-corrected chi connectivity index (χ3v) is 3.63. The number of nitrogens with two attached hydrogens (primary N) is 1. The van der Waals surface area contributed by atoms with Crippen molar-refractivity contribution in [2.75, 3.05) is 25.1 Å². The fraction of sp³-hybridized carbons (Fsp3) is 0.500. The van der Waals surface area contributed by atoms with Crippen molar-refractivity contribution in [3.8, 4) is 0 Å². The Labute approximate surface area is 108 Å². The number of hydrogen-bond acceptors (Lipinski definition) is 3. The van der Waals surface area contributed by atoms with Crippen molar-refractivity contribution in [2.24, 2.45) is 11.1 Å². The Hall–Kier alpha value is -1.39. The summed E-state index contributed by atoms with van der Waals surface area (Å²) in [5.41, 5.74) is 7.33. The van der Waals surface area contributed by atoms with E-state index in [-0.39, 0.29) is 5.91 Å². The Morgan fingerprint density at radius 1 is 1.33 bits per heavy atom. The fourth-order valence-electron chi connectivity index (χ4n) is 2.19. The van der Waals surface area contributed by atoms with Crippen LogP contribution in [0.5, 0.6) is 0 Å². The Balaban J connectivity index is 2.07. The smallest absolute Gasteiger partial charge is 0.232 e. The van der Waals surface area contributed by atoms with Gasteiger partial charge in [0.25, 0.3) is 0 Å². The van der Waals surface area contributed by atoms with Gasteiger partial charge in [0.05, 0.1) is 5.41 Å². The van der Waals surface area contributed by atoms with E-state index >= 15 is 0 Å². The first-order valence-corrected chi connectivity index (χ1v) is 6.32. The monoisotopic (exact) mass is 248 g/mol. The van der Waals surface area contributed by atoms with Gasteiger partial charge in [0.2, 0.25) is 5.91 Å². The highest BCUT2D eigenvalue weighted by Crippen LogP contribution is 2.30. The molecular formula is C14H20N2O2. The number of hydrogen-bond donors (Lipinski definition) is 2. The molecule has 3 N–H and O–H groups in total. The van der Waals surface area contributed by atoms with E-state index in [1.54, 1.807) is 0 Å². The maximum Gasteiger partial charge on any atom is 0.232 e. The molecule has 0 atom stereocenters. The first-order valence-electron chi connectivity index (χ1n) is 6.32. The first kappa shape index (κ1) is 13.1. The quantitative estimate of drug-likeness (QED) is 0.855. The topological polar surface area (TPSA) is 64.4 Å². The van der Waals surface area contributed by atoms with E-state index in [9.17, 15) is 4.79 Å².